The first kappa shape index (κ1) is 28.5. The standard InChI is InChI=1S/C24H19F9N2O4S/c25-17-6-15(5-16(19(17)26)23(28,29)30)22(24(31,32)33)7-18(34-39-22)12-1-3-14(4-2-12)21(27)10-35(11-21)20(36)13-8-40(37,38)9-13/h1-6,13,37-38H,7-11H2. The van der Waals surface area contributed by atoms with Crippen molar-refractivity contribution in [1.29, 1.82) is 0 Å². The Labute approximate surface area is 221 Å². The number of carbonyl (C=O) groups excluding carboxylic acids is 1. The summed E-state index contributed by atoms with van der Waals surface area (Å²) in [5.41, 5.74) is -9.38. The molecule has 6 nitrogen and oxygen atoms in total. The second kappa shape index (κ2) is 9.01. The van der Waals surface area contributed by atoms with Crippen LogP contribution in [0.4, 0.5) is 39.5 Å². The molecule has 3 aliphatic heterocycles. The predicted molar refractivity (Wildman–Crippen MR) is 123 cm³/mol. The molecule has 3 aliphatic rings. The second-order valence-electron chi connectivity index (χ2n) is 10.0. The lowest BCUT2D eigenvalue weighted by molar-refractivity contribution is -0.276. The maximum Gasteiger partial charge on any atom is 0.435 e. The molecule has 0 radical (unpaired) electrons. The molecular weight excluding hydrogens is 583 g/mol. The Kier molecular flexibility index (Phi) is 6.43. The van der Waals surface area contributed by atoms with Gasteiger partial charge in [-0.2, -0.15) is 36.9 Å². The van der Waals surface area contributed by atoms with Crippen LogP contribution in [-0.4, -0.2) is 56.4 Å². The predicted octanol–water partition coefficient (Wildman–Crippen LogP) is 5.95. The van der Waals surface area contributed by atoms with Crippen molar-refractivity contribution in [3.63, 3.8) is 0 Å². The van der Waals surface area contributed by atoms with Gasteiger partial charge in [0.05, 0.1) is 41.8 Å². The van der Waals surface area contributed by atoms with Crippen LogP contribution in [0.2, 0.25) is 0 Å². The first-order valence-electron chi connectivity index (χ1n) is 11.6. The zero-order chi connectivity index (χ0) is 29.5. The summed E-state index contributed by atoms with van der Waals surface area (Å²) < 4.78 is 144. The Morgan fingerprint density at radius 3 is 2.12 bits per heavy atom. The summed E-state index contributed by atoms with van der Waals surface area (Å²) in [5, 5.41) is 3.37. The number of likely N-dealkylation sites (tertiary alicyclic amines) is 1. The van der Waals surface area contributed by atoms with Crippen molar-refractivity contribution in [3.05, 3.63) is 70.3 Å². The maximum absolute atomic E-state index is 15.4. The summed E-state index contributed by atoms with van der Waals surface area (Å²) in [6.45, 7) is -0.639. The van der Waals surface area contributed by atoms with Crippen molar-refractivity contribution in [1.82, 2.24) is 4.90 Å². The van der Waals surface area contributed by atoms with Crippen LogP contribution in [0.1, 0.15) is 28.7 Å². The zero-order valence-electron chi connectivity index (χ0n) is 20.0. The van der Waals surface area contributed by atoms with Crippen molar-refractivity contribution in [2.24, 2.45) is 11.1 Å². The summed E-state index contributed by atoms with van der Waals surface area (Å²) in [6, 6.07) is 4.71. The molecule has 1 unspecified atom stereocenters. The Morgan fingerprint density at radius 1 is 1.00 bits per heavy atom. The fourth-order valence-corrected chi connectivity index (χ4v) is 6.42. The van der Waals surface area contributed by atoms with E-state index in [9.17, 15) is 49.0 Å². The molecule has 2 N–H and O–H groups in total. The summed E-state index contributed by atoms with van der Waals surface area (Å²) >= 11 is 0. The third kappa shape index (κ3) is 4.68. The van der Waals surface area contributed by atoms with Crippen LogP contribution < -0.4 is 0 Å². The van der Waals surface area contributed by atoms with Crippen molar-refractivity contribution in [3.8, 4) is 0 Å². The molecule has 0 spiro atoms. The average molecular weight is 602 g/mol. The maximum atomic E-state index is 15.4. The molecule has 5 rings (SSSR count). The molecule has 2 saturated heterocycles. The minimum absolute atomic E-state index is 0.00374. The van der Waals surface area contributed by atoms with Crippen molar-refractivity contribution in [2.75, 3.05) is 24.6 Å². The van der Waals surface area contributed by atoms with Gasteiger partial charge in [-0.05, 0) is 23.3 Å². The number of carbonyl (C=O) groups is 1. The number of hydrogen-bond acceptors (Lipinski definition) is 5. The Morgan fingerprint density at radius 2 is 1.60 bits per heavy atom. The number of benzene rings is 2. The van der Waals surface area contributed by atoms with E-state index in [1.165, 1.54) is 29.2 Å². The lowest BCUT2D eigenvalue weighted by Crippen LogP contribution is -2.62. The molecule has 40 heavy (non-hydrogen) atoms. The van der Waals surface area contributed by atoms with Crippen molar-refractivity contribution >= 4 is 22.2 Å². The molecule has 0 aliphatic carbocycles. The van der Waals surface area contributed by atoms with E-state index in [-0.39, 0.29) is 53.6 Å². The van der Waals surface area contributed by atoms with E-state index >= 15 is 4.39 Å². The second-order valence-corrected chi connectivity index (χ2v) is 12.3. The molecule has 2 aromatic rings. The molecular formula is C24H19F9N2O4S. The quantitative estimate of drug-likeness (QED) is 0.424. The van der Waals surface area contributed by atoms with E-state index in [1.807, 2.05) is 0 Å². The first-order valence-corrected chi connectivity index (χ1v) is 13.4. The van der Waals surface area contributed by atoms with Gasteiger partial charge in [0.1, 0.15) is 0 Å². The van der Waals surface area contributed by atoms with Crippen LogP contribution in [0.5, 0.6) is 0 Å². The number of alkyl halides is 7. The highest BCUT2D eigenvalue weighted by Gasteiger charge is 2.63. The molecule has 1 atom stereocenters. The molecule has 0 bridgehead atoms. The average Bonchev–Trinajstić information content (AvgIpc) is 3.28. The number of hydrogen-bond donors (Lipinski definition) is 2. The summed E-state index contributed by atoms with van der Waals surface area (Å²) in [6.07, 6.45) is -12.1. The largest absolute Gasteiger partial charge is 0.435 e. The van der Waals surface area contributed by atoms with Crippen molar-refractivity contribution < 1.29 is 58.3 Å². The van der Waals surface area contributed by atoms with Gasteiger partial charge in [-0.15, -0.1) is 0 Å². The molecule has 16 heteroatoms. The van der Waals surface area contributed by atoms with Gasteiger partial charge in [-0.3, -0.25) is 13.9 Å². The van der Waals surface area contributed by atoms with Gasteiger partial charge in [0.2, 0.25) is 5.91 Å². The van der Waals surface area contributed by atoms with E-state index in [0.29, 0.717) is 0 Å². The fourth-order valence-electron chi connectivity index (χ4n) is 4.94. The number of amides is 1. The van der Waals surface area contributed by atoms with Gasteiger partial charge in [0.15, 0.2) is 17.3 Å². The Hall–Kier alpha value is -2.98. The number of oxime groups is 1. The topological polar surface area (TPSA) is 82.4 Å². The van der Waals surface area contributed by atoms with Crippen LogP contribution >= 0.6 is 10.6 Å². The van der Waals surface area contributed by atoms with Gasteiger partial charge in [0.25, 0.3) is 5.60 Å². The summed E-state index contributed by atoms with van der Waals surface area (Å²) in [7, 11) is -2.75. The highest BCUT2D eigenvalue weighted by molar-refractivity contribution is 8.25. The number of nitrogens with zero attached hydrogens (tertiary/aromatic N) is 2. The van der Waals surface area contributed by atoms with E-state index in [0.717, 1.165) is 0 Å². The van der Waals surface area contributed by atoms with Gasteiger partial charge < -0.3 is 9.74 Å². The molecule has 0 aromatic heterocycles. The molecule has 218 valence electrons. The van der Waals surface area contributed by atoms with Crippen LogP contribution in [0.25, 0.3) is 0 Å². The molecule has 0 saturated carbocycles. The molecule has 3 heterocycles. The lowest BCUT2D eigenvalue weighted by atomic mass is 9.84. The van der Waals surface area contributed by atoms with Gasteiger partial charge in [-0.1, -0.05) is 29.4 Å². The van der Waals surface area contributed by atoms with Gasteiger partial charge in [-0.25, -0.2) is 13.2 Å². The van der Waals surface area contributed by atoms with Crippen LogP contribution in [-0.2, 0) is 27.1 Å². The fraction of sp³-hybridized carbons (Fsp3) is 0.417. The minimum Gasteiger partial charge on any atom is -0.374 e. The normalized spacial score (nSPS) is 25.0. The Balaban J connectivity index is 1.34. The molecule has 1 amide bonds. The number of halogens is 9. The van der Waals surface area contributed by atoms with E-state index in [1.54, 1.807) is 0 Å². The first-order chi connectivity index (χ1) is 18.4. The molecule has 2 fully saturated rings. The highest BCUT2D eigenvalue weighted by Crippen LogP contribution is 2.53. The van der Waals surface area contributed by atoms with Crippen LogP contribution in [0, 0.1) is 17.6 Å². The van der Waals surface area contributed by atoms with E-state index in [2.05, 4.69) is 9.99 Å². The summed E-state index contributed by atoms with van der Waals surface area (Å²) in [5.74, 6) is -5.69. The SMILES string of the molecule is O=C(C1CS(O)(O)C1)N1CC(F)(c2ccc(C3=NOC(c4cc(F)c(F)c(C(F)(F)F)c4)(C(F)(F)F)C3)cc2)C1. The third-order valence-corrected chi connectivity index (χ3v) is 9.07. The van der Waals surface area contributed by atoms with Gasteiger partial charge in [0, 0.05) is 12.0 Å². The lowest BCUT2D eigenvalue weighted by Gasteiger charge is -2.51. The molecule has 2 aromatic carbocycles. The third-order valence-electron chi connectivity index (χ3n) is 7.20. The zero-order valence-corrected chi connectivity index (χ0v) is 20.8. The van der Waals surface area contributed by atoms with E-state index in [4.69, 9.17) is 0 Å². The van der Waals surface area contributed by atoms with Crippen molar-refractivity contribution in [2.45, 2.75) is 30.0 Å². The van der Waals surface area contributed by atoms with Crippen LogP contribution in [0.3, 0.4) is 0 Å². The smallest absolute Gasteiger partial charge is 0.374 e. The van der Waals surface area contributed by atoms with Crippen LogP contribution in [0.15, 0.2) is 41.6 Å². The minimum atomic E-state index is -5.49. The van der Waals surface area contributed by atoms with Gasteiger partial charge >= 0.3 is 12.4 Å². The number of rotatable bonds is 4. The van der Waals surface area contributed by atoms with E-state index < -0.39 is 75.2 Å². The Bertz CT molecular complexity index is 1380. The monoisotopic (exact) mass is 602 g/mol. The summed E-state index contributed by atoms with van der Waals surface area (Å²) in [4.78, 5) is 18.2. The highest BCUT2D eigenvalue weighted by atomic mass is 32.3.